The lowest BCUT2D eigenvalue weighted by molar-refractivity contribution is 1.05. The van der Waals surface area contributed by atoms with Gasteiger partial charge in [0, 0.05) is 18.0 Å². The maximum atomic E-state index is 5.93. The minimum absolute atomic E-state index is 0.148. The van der Waals surface area contributed by atoms with E-state index in [0.29, 0.717) is 16.5 Å². The van der Waals surface area contributed by atoms with E-state index < -0.39 is 0 Å². The van der Waals surface area contributed by atoms with E-state index in [4.69, 9.17) is 23.2 Å². The van der Waals surface area contributed by atoms with E-state index in [-0.39, 0.29) is 5.28 Å². The standard InChI is InChI=1S/C9H6Cl2N4/c1-5-12-2-6(3-13-5)8-7(10)4-14-9(11)15-8/h2-4H,1H3. The highest BCUT2D eigenvalue weighted by Gasteiger charge is 2.07. The molecule has 0 unspecified atom stereocenters. The smallest absolute Gasteiger partial charge is 0.222 e. The number of aromatic nitrogens is 4. The van der Waals surface area contributed by atoms with Crippen LogP contribution >= 0.6 is 23.2 Å². The molecule has 2 heterocycles. The van der Waals surface area contributed by atoms with Gasteiger partial charge < -0.3 is 0 Å². The number of nitrogens with zero attached hydrogens (tertiary/aromatic N) is 4. The summed E-state index contributed by atoms with van der Waals surface area (Å²) in [5.41, 5.74) is 1.26. The summed E-state index contributed by atoms with van der Waals surface area (Å²) in [6.07, 6.45) is 4.74. The molecule has 0 atom stereocenters. The zero-order chi connectivity index (χ0) is 10.8. The van der Waals surface area contributed by atoms with Crippen LogP contribution in [0.5, 0.6) is 0 Å². The summed E-state index contributed by atoms with van der Waals surface area (Å²) in [6.45, 7) is 1.80. The average Bonchev–Trinajstić information content (AvgIpc) is 2.23. The van der Waals surface area contributed by atoms with Crippen molar-refractivity contribution in [2.45, 2.75) is 6.92 Å². The summed E-state index contributed by atoms with van der Waals surface area (Å²) in [6, 6.07) is 0. The van der Waals surface area contributed by atoms with Gasteiger partial charge in [0.15, 0.2) is 0 Å². The van der Waals surface area contributed by atoms with Crippen molar-refractivity contribution in [3.05, 3.63) is 34.7 Å². The summed E-state index contributed by atoms with van der Waals surface area (Å²) in [7, 11) is 0. The van der Waals surface area contributed by atoms with Crippen molar-refractivity contribution >= 4 is 23.2 Å². The predicted octanol–water partition coefficient (Wildman–Crippen LogP) is 2.55. The quantitative estimate of drug-likeness (QED) is 0.720. The molecule has 0 bridgehead atoms. The maximum absolute atomic E-state index is 5.93. The van der Waals surface area contributed by atoms with E-state index in [0.717, 1.165) is 5.56 Å². The first-order valence-electron chi connectivity index (χ1n) is 4.14. The Morgan fingerprint density at radius 2 is 1.67 bits per heavy atom. The highest BCUT2D eigenvalue weighted by molar-refractivity contribution is 6.33. The molecule has 0 fully saturated rings. The van der Waals surface area contributed by atoms with Crippen LogP contribution in [-0.2, 0) is 0 Å². The van der Waals surface area contributed by atoms with Crippen LogP contribution in [0.2, 0.25) is 10.3 Å². The fraction of sp³-hybridized carbons (Fsp3) is 0.111. The summed E-state index contributed by atoms with van der Waals surface area (Å²) < 4.78 is 0. The minimum Gasteiger partial charge on any atom is -0.241 e. The Hall–Kier alpha value is -1.26. The molecule has 2 aromatic heterocycles. The molecule has 15 heavy (non-hydrogen) atoms. The Labute approximate surface area is 96.3 Å². The van der Waals surface area contributed by atoms with Gasteiger partial charge in [0.2, 0.25) is 5.28 Å². The van der Waals surface area contributed by atoms with Crippen molar-refractivity contribution in [2.75, 3.05) is 0 Å². The van der Waals surface area contributed by atoms with Gasteiger partial charge in [-0.3, -0.25) is 0 Å². The zero-order valence-corrected chi connectivity index (χ0v) is 9.29. The van der Waals surface area contributed by atoms with Gasteiger partial charge in [0.1, 0.15) is 5.82 Å². The van der Waals surface area contributed by atoms with E-state index in [1.165, 1.54) is 6.20 Å². The van der Waals surface area contributed by atoms with Crippen molar-refractivity contribution in [3.8, 4) is 11.3 Å². The van der Waals surface area contributed by atoms with Crippen molar-refractivity contribution in [1.82, 2.24) is 19.9 Å². The fourth-order valence-corrected chi connectivity index (χ4v) is 1.40. The lowest BCUT2D eigenvalue weighted by atomic mass is 10.2. The SMILES string of the molecule is Cc1ncc(-c2nc(Cl)ncc2Cl)cn1. The third-order valence-corrected chi connectivity index (χ3v) is 2.23. The first-order chi connectivity index (χ1) is 7.16. The van der Waals surface area contributed by atoms with Gasteiger partial charge in [-0.25, -0.2) is 19.9 Å². The number of hydrogen-bond acceptors (Lipinski definition) is 4. The van der Waals surface area contributed by atoms with Crippen LogP contribution in [0.4, 0.5) is 0 Å². The molecule has 0 saturated heterocycles. The number of aryl methyl sites for hydroxylation is 1. The van der Waals surface area contributed by atoms with E-state index in [1.807, 2.05) is 0 Å². The normalized spacial score (nSPS) is 10.3. The topological polar surface area (TPSA) is 51.6 Å². The molecule has 0 saturated carbocycles. The predicted molar refractivity (Wildman–Crippen MR) is 57.8 cm³/mol. The molecule has 4 nitrogen and oxygen atoms in total. The summed E-state index contributed by atoms with van der Waals surface area (Å²) in [4.78, 5) is 15.9. The number of halogens is 2. The molecule has 0 spiro atoms. The second-order valence-electron chi connectivity index (χ2n) is 2.85. The van der Waals surface area contributed by atoms with Crippen molar-refractivity contribution in [3.63, 3.8) is 0 Å². The molecule has 2 rings (SSSR count). The van der Waals surface area contributed by atoms with Crippen molar-refractivity contribution in [2.24, 2.45) is 0 Å². The van der Waals surface area contributed by atoms with Gasteiger partial charge >= 0.3 is 0 Å². The van der Waals surface area contributed by atoms with E-state index in [9.17, 15) is 0 Å². The minimum atomic E-state index is 0.148. The van der Waals surface area contributed by atoms with Crippen LogP contribution in [0.15, 0.2) is 18.6 Å². The van der Waals surface area contributed by atoms with Crippen LogP contribution in [0.3, 0.4) is 0 Å². The Bertz CT molecular complexity index is 484. The van der Waals surface area contributed by atoms with E-state index in [2.05, 4.69) is 19.9 Å². The van der Waals surface area contributed by atoms with Gasteiger partial charge in [-0.1, -0.05) is 11.6 Å². The molecule has 0 aromatic carbocycles. The monoisotopic (exact) mass is 240 g/mol. The van der Waals surface area contributed by atoms with Crippen LogP contribution in [0.1, 0.15) is 5.82 Å². The molecule has 6 heteroatoms. The maximum Gasteiger partial charge on any atom is 0.222 e. The molecule has 0 amide bonds. The van der Waals surface area contributed by atoms with Crippen molar-refractivity contribution in [1.29, 1.82) is 0 Å². The Kier molecular flexibility index (Phi) is 2.79. The molecule has 2 aromatic rings. The Morgan fingerprint density at radius 3 is 2.33 bits per heavy atom. The summed E-state index contributed by atoms with van der Waals surface area (Å²) in [5.74, 6) is 0.690. The van der Waals surface area contributed by atoms with Crippen LogP contribution in [0, 0.1) is 6.92 Å². The largest absolute Gasteiger partial charge is 0.241 e. The highest BCUT2D eigenvalue weighted by Crippen LogP contribution is 2.24. The van der Waals surface area contributed by atoms with Gasteiger partial charge in [-0.15, -0.1) is 0 Å². The van der Waals surface area contributed by atoms with E-state index >= 15 is 0 Å². The highest BCUT2D eigenvalue weighted by atomic mass is 35.5. The third kappa shape index (κ3) is 2.22. The van der Waals surface area contributed by atoms with E-state index in [1.54, 1.807) is 19.3 Å². The lowest BCUT2D eigenvalue weighted by Gasteiger charge is -2.02. The molecule has 76 valence electrons. The van der Waals surface area contributed by atoms with Crippen LogP contribution in [-0.4, -0.2) is 19.9 Å². The molecule has 0 aliphatic carbocycles. The first kappa shape index (κ1) is 10.3. The van der Waals surface area contributed by atoms with Crippen LogP contribution < -0.4 is 0 Å². The molecule has 0 aliphatic heterocycles. The number of rotatable bonds is 1. The first-order valence-corrected chi connectivity index (χ1v) is 4.89. The molecule has 0 radical (unpaired) electrons. The second-order valence-corrected chi connectivity index (χ2v) is 3.60. The van der Waals surface area contributed by atoms with Gasteiger partial charge in [-0.2, -0.15) is 0 Å². The lowest BCUT2D eigenvalue weighted by Crippen LogP contribution is -1.92. The van der Waals surface area contributed by atoms with Crippen LogP contribution in [0.25, 0.3) is 11.3 Å². The summed E-state index contributed by atoms with van der Waals surface area (Å²) in [5, 5.41) is 0.571. The third-order valence-electron chi connectivity index (χ3n) is 1.77. The van der Waals surface area contributed by atoms with Crippen molar-refractivity contribution < 1.29 is 0 Å². The Morgan fingerprint density at radius 1 is 1.00 bits per heavy atom. The molecule has 0 aliphatic rings. The zero-order valence-electron chi connectivity index (χ0n) is 7.78. The Balaban J connectivity index is 2.53. The molecular weight excluding hydrogens is 235 g/mol. The van der Waals surface area contributed by atoms with Gasteiger partial charge in [0.05, 0.1) is 16.9 Å². The van der Waals surface area contributed by atoms with Gasteiger partial charge in [0.25, 0.3) is 0 Å². The molecular formula is C9H6Cl2N4. The summed E-state index contributed by atoms with van der Waals surface area (Å²) >= 11 is 11.6. The fourth-order valence-electron chi connectivity index (χ4n) is 1.06. The second kappa shape index (κ2) is 4.08. The molecule has 0 N–H and O–H groups in total. The van der Waals surface area contributed by atoms with Gasteiger partial charge in [-0.05, 0) is 18.5 Å². The average molecular weight is 241 g/mol. The number of hydrogen-bond donors (Lipinski definition) is 0.